The van der Waals surface area contributed by atoms with Gasteiger partial charge in [-0.3, -0.25) is 9.78 Å². The molecule has 0 radical (unpaired) electrons. The van der Waals surface area contributed by atoms with Gasteiger partial charge in [0.1, 0.15) is 0 Å². The number of nitrogens with one attached hydrogen (secondary N) is 1. The molecule has 0 fully saturated rings. The van der Waals surface area contributed by atoms with Gasteiger partial charge in [-0.1, -0.05) is 18.5 Å². The molecule has 25 heavy (non-hydrogen) atoms. The molecule has 0 aliphatic rings. The highest BCUT2D eigenvalue weighted by atomic mass is 35.5. The molecule has 0 saturated heterocycles. The molecule has 1 amide bonds. The molecule has 2 rings (SSSR count). The molecule has 1 N–H and O–H groups in total. The summed E-state index contributed by atoms with van der Waals surface area (Å²) in [5, 5.41) is 3.25. The summed E-state index contributed by atoms with van der Waals surface area (Å²) in [5.74, 6) is 0.604. The number of nitrogens with zero attached hydrogens (tertiary/aromatic N) is 1. The van der Waals surface area contributed by atoms with Gasteiger partial charge in [-0.2, -0.15) is 0 Å². The number of benzene rings is 1. The van der Waals surface area contributed by atoms with Crippen molar-refractivity contribution in [2.45, 2.75) is 34.1 Å². The van der Waals surface area contributed by atoms with Gasteiger partial charge in [-0.15, -0.1) is 0 Å². The van der Waals surface area contributed by atoms with Gasteiger partial charge in [-0.25, -0.2) is 0 Å². The number of aromatic nitrogens is 1. The third-order valence-electron chi connectivity index (χ3n) is 3.71. The van der Waals surface area contributed by atoms with E-state index in [0.717, 1.165) is 23.4 Å². The van der Waals surface area contributed by atoms with Gasteiger partial charge in [0.05, 0.1) is 30.1 Å². The number of hydrogen-bond donors (Lipinski definition) is 1. The Morgan fingerprint density at radius 1 is 1.24 bits per heavy atom. The van der Waals surface area contributed by atoms with E-state index in [0.29, 0.717) is 34.4 Å². The number of amides is 1. The average molecular weight is 363 g/mol. The zero-order chi connectivity index (χ0) is 18.6. The van der Waals surface area contributed by atoms with Crippen molar-refractivity contribution in [1.82, 2.24) is 4.98 Å². The molecule has 0 spiro atoms. The summed E-state index contributed by atoms with van der Waals surface area (Å²) in [7, 11) is 1.52. The molecule has 0 aliphatic heterocycles. The molecule has 1 aromatic carbocycles. The first-order valence-corrected chi connectivity index (χ1v) is 8.51. The number of hydrogen-bond acceptors (Lipinski definition) is 4. The second-order valence-corrected chi connectivity index (χ2v) is 6.24. The first-order valence-electron chi connectivity index (χ1n) is 8.13. The lowest BCUT2D eigenvalue weighted by atomic mass is 10.1. The molecule has 134 valence electrons. The van der Waals surface area contributed by atoms with Crippen molar-refractivity contribution < 1.29 is 14.3 Å². The molecular formula is C19H23ClN2O3. The lowest BCUT2D eigenvalue weighted by Gasteiger charge is -2.15. The Balaban J connectivity index is 2.32. The number of ether oxygens (including phenoxy) is 2. The second-order valence-electron chi connectivity index (χ2n) is 5.83. The standard InChI is InChI=1S/C19H23ClN2O3/c1-6-7-25-18-15(20)9-14(10-16(18)24-5)19(23)22-17-11(2)8-12(3)21-13(17)4/h8-10H,6-7H2,1-5H3,(H,22,23). The Morgan fingerprint density at radius 3 is 2.56 bits per heavy atom. The fraction of sp³-hybridized carbons (Fsp3) is 0.368. The van der Waals surface area contributed by atoms with Crippen molar-refractivity contribution in [1.29, 1.82) is 0 Å². The SMILES string of the molecule is CCCOc1c(Cl)cc(C(=O)Nc2c(C)cc(C)nc2C)cc1OC. The van der Waals surface area contributed by atoms with Crippen LogP contribution in [0.3, 0.4) is 0 Å². The van der Waals surface area contributed by atoms with Crippen molar-refractivity contribution in [2.75, 3.05) is 19.0 Å². The summed E-state index contributed by atoms with van der Waals surface area (Å²) in [5.41, 5.74) is 3.74. The van der Waals surface area contributed by atoms with Crippen LogP contribution in [0.1, 0.15) is 40.7 Å². The van der Waals surface area contributed by atoms with Gasteiger partial charge < -0.3 is 14.8 Å². The molecule has 1 aromatic heterocycles. The molecule has 0 bridgehead atoms. The molecule has 0 aliphatic carbocycles. The lowest BCUT2D eigenvalue weighted by Crippen LogP contribution is -2.15. The van der Waals surface area contributed by atoms with Crippen molar-refractivity contribution in [3.05, 3.63) is 45.7 Å². The van der Waals surface area contributed by atoms with E-state index in [9.17, 15) is 4.79 Å². The maximum atomic E-state index is 12.7. The van der Waals surface area contributed by atoms with Gasteiger partial charge in [0.25, 0.3) is 5.91 Å². The smallest absolute Gasteiger partial charge is 0.255 e. The third-order valence-corrected chi connectivity index (χ3v) is 3.99. The quantitative estimate of drug-likeness (QED) is 0.808. The summed E-state index contributed by atoms with van der Waals surface area (Å²) in [6, 6.07) is 5.13. The van der Waals surface area contributed by atoms with Crippen LogP contribution in [0.15, 0.2) is 18.2 Å². The molecule has 0 saturated carbocycles. The van der Waals surface area contributed by atoms with Crippen LogP contribution in [0.25, 0.3) is 0 Å². The summed E-state index contributed by atoms with van der Waals surface area (Å²) in [4.78, 5) is 17.1. The Morgan fingerprint density at radius 2 is 1.96 bits per heavy atom. The highest BCUT2D eigenvalue weighted by Crippen LogP contribution is 2.36. The molecule has 1 heterocycles. The molecule has 0 atom stereocenters. The van der Waals surface area contributed by atoms with Crippen molar-refractivity contribution in [3.63, 3.8) is 0 Å². The Kier molecular flexibility index (Phi) is 6.26. The minimum atomic E-state index is -0.279. The zero-order valence-corrected chi connectivity index (χ0v) is 16.0. The Labute approximate surface area is 153 Å². The molecule has 6 heteroatoms. The van der Waals surface area contributed by atoms with E-state index in [1.165, 1.54) is 7.11 Å². The lowest BCUT2D eigenvalue weighted by molar-refractivity contribution is 0.102. The van der Waals surface area contributed by atoms with Crippen LogP contribution in [-0.4, -0.2) is 24.6 Å². The number of halogens is 1. The van der Waals surface area contributed by atoms with Crippen LogP contribution in [0.5, 0.6) is 11.5 Å². The maximum Gasteiger partial charge on any atom is 0.255 e. The minimum Gasteiger partial charge on any atom is -0.493 e. The summed E-state index contributed by atoms with van der Waals surface area (Å²) in [6.07, 6.45) is 0.848. The molecular weight excluding hydrogens is 340 g/mol. The molecule has 2 aromatic rings. The zero-order valence-electron chi connectivity index (χ0n) is 15.2. The number of anilines is 1. The van der Waals surface area contributed by atoms with Crippen LogP contribution >= 0.6 is 11.6 Å². The van der Waals surface area contributed by atoms with Gasteiger partial charge in [-0.05, 0) is 51.0 Å². The number of rotatable bonds is 6. The number of methoxy groups -OCH3 is 1. The highest BCUT2D eigenvalue weighted by Gasteiger charge is 2.17. The Hall–Kier alpha value is -2.27. The number of carbonyl (C=O) groups excluding carboxylic acids is 1. The predicted molar refractivity (Wildman–Crippen MR) is 100 cm³/mol. The van der Waals surface area contributed by atoms with E-state index in [4.69, 9.17) is 21.1 Å². The van der Waals surface area contributed by atoms with Gasteiger partial charge in [0.15, 0.2) is 11.5 Å². The van der Waals surface area contributed by atoms with E-state index >= 15 is 0 Å². The van der Waals surface area contributed by atoms with Crippen LogP contribution in [0.2, 0.25) is 5.02 Å². The summed E-state index contributed by atoms with van der Waals surface area (Å²) < 4.78 is 10.9. The van der Waals surface area contributed by atoms with E-state index in [2.05, 4.69) is 10.3 Å². The van der Waals surface area contributed by atoms with Crippen molar-refractivity contribution in [2.24, 2.45) is 0 Å². The van der Waals surface area contributed by atoms with Crippen molar-refractivity contribution >= 4 is 23.2 Å². The first kappa shape index (κ1) is 19.1. The Bertz CT molecular complexity index is 767. The van der Waals surface area contributed by atoms with Crippen LogP contribution in [0.4, 0.5) is 5.69 Å². The van der Waals surface area contributed by atoms with Gasteiger partial charge in [0.2, 0.25) is 0 Å². The summed E-state index contributed by atoms with van der Waals surface area (Å²) in [6.45, 7) is 8.25. The second kappa shape index (κ2) is 8.21. The van der Waals surface area contributed by atoms with E-state index in [1.807, 2.05) is 33.8 Å². The third kappa shape index (κ3) is 4.42. The van der Waals surface area contributed by atoms with Gasteiger partial charge >= 0.3 is 0 Å². The van der Waals surface area contributed by atoms with Crippen LogP contribution < -0.4 is 14.8 Å². The number of carbonyl (C=O) groups is 1. The molecule has 5 nitrogen and oxygen atoms in total. The molecule has 0 unspecified atom stereocenters. The highest BCUT2D eigenvalue weighted by molar-refractivity contribution is 6.32. The fourth-order valence-corrected chi connectivity index (χ4v) is 2.86. The van der Waals surface area contributed by atoms with E-state index in [-0.39, 0.29) is 5.91 Å². The largest absolute Gasteiger partial charge is 0.493 e. The van der Waals surface area contributed by atoms with E-state index < -0.39 is 0 Å². The van der Waals surface area contributed by atoms with Crippen LogP contribution in [0, 0.1) is 20.8 Å². The van der Waals surface area contributed by atoms with E-state index in [1.54, 1.807) is 12.1 Å². The minimum absolute atomic E-state index is 0.279. The predicted octanol–water partition coefficient (Wildman–Crippen LogP) is 4.71. The van der Waals surface area contributed by atoms with Crippen molar-refractivity contribution in [3.8, 4) is 11.5 Å². The number of pyridine rings is 1. The first-order chi connectivity index (χ1) is 11.9. The fourth-order valence-electron chi connectivity index (χ4n) is 2.59. The normalized spacial score (nSPS) is 10.5. The summed E-state index contributed by atoms with van der Waals surface area (Å²) >= 11 is 6.28. The van der Waals surface area contributed by atoms with Crippen LogP contribution in [-0.2, 0) is 0 Å². The monoisotopic (exact) mass is 362 g/mol. The van der Waals surface area contributed by atoms with Gasteiger partial charge in [0, 0.05) is 11.3 Å². The number of aryl methyl sites for hydroxylation is 3. The topological polar surface area (TPSA) is 60.5 Å². The average Bonchev–Trinajstić information content (AvgIpc) is 2.56. The maximum absolute atomic E-state index is 12.7.